The van der Waals surface area contributed by atoms with Gasteiger partial charge < -0.3 is 16.2 Å². The molecule has 0 heterocycles. The zero-order valence-electron chi connectivity index (χ0n) is 9.57. The van der Waals surface area contributed by atoms with Crippen molar-refractivity contribution >= 4 is 0 Å². The molecule has 96 valence electrons. The van der Waals surface area contributed by atoms with Crippen molar-refractivity contribution in [2.75, 3.05) is 19.7 Å². The summed E-state index contributed by atoms with van der Waals surface area (Å²) in [6.45, 7) is 1.04. The molecule has 0 aliphatic heterocycles. The van der Waals surface area contributed by atoms with Gasteiger partial charge in [0.25, 0.3) is 6.43 Å². The summed E-state index contributed by atoms with van der Waals surface area (Å²) in [6.07, 6.45) is -1.85. The van der Waals surface area contributed by atoms with Crippen LogP contribution in [0.4, 0.5) is 8.78 Å². The molecule has 1 aromatic rings. The maximum Gasteiger partial charge on any atom is 0.263 e. The zero-order chi connectivity index (χ0) is 12.7. The van der Waals surface area contributed by atoms with Crippen LogP contribution < -0.4 is 11.1 Å². The minimum Gasteiger partial charge on any atom is -0.396 e. The maximum absolute atomic E-state index is 12.5. The molecule has 0 radical (unpaired) electrons. The van der Waals surface area contributed by atoms with Crippen LogP contribution in [0.5, 0.6) is 0 Å². The molecule has 4 N–H and O–H groups in total. The maximum atomic E-state index is 12.5. The highest BCUT2D eigenvalue weighted by atomic mass is 19.3. The third kappa shape index (κ3) is 4.38. The fraction of sp³-hybridized carbons (Fsp3) is 0.500. The van der Waals surface area contributed by atoms with Gasteiger partial charge in [-0.25, -0.2) is 8.78 Å². The molecule has 1 unspecified atom stereocenters. The van der Waals surface area contributed by atoms with Crippen LogP contribution in [0.25, 0.3) is 0 Å². The minimum absolute atomic E-state index is 0.00454. The molecule has 0 amide bonds. The van der Waals surface area contributed by atoms with Gasteiger partial charge >= 0.3 is 0 Å². The summed E-state index contributed by atoms with van der Waals surface area (Å²) in [5, 5.41) is 11.8. The van der Waals surface area contributed by atoms with Crippen LogP contribution in [-0.4, -0.2) is 24.8 Å². The Morgan fingerprint density at radius 1 is 1.29 bits per heavy atom. The second-order valence-electron chi connectivity index (χ2n) is 3.79. The molecule has 3 nitrogen and oxygen atoms in total. The Bertz CT molecular complexity index is 334. The summed E-state index contributed by atoms with van der Waals surface area (Å²) < 4.78 is 25.1. The van der Waals surface area contributed by atoms with E-state index in [1.54, 1.807) is 12.1 Å². The number of hydrogen-bond acceptors (Lipinski definition) is 3. The summed E-state index contributed by atoms with van der Waals surface area (Å²) in [5.41, 5.74) is 6.36. The first-order valence-electron chi connectivity index (χ1n) is 5.61. The van der Waals surface area contributed by atoms with Crippen LogP contribution in [-0.2, 0) is 0 Å². The number of nitrogens with one attached hydrogen (secondary N) is 1. The molecule has 0 aliphatic rings. The molecule has 0 aromatic heterocycles. The largest absolute Gasteiger partial charge is 0.396 e. The predicted octanol–water partition coefficient (Wildman–Crippen LogP) is 1.60. The van der Waals surface area contributed by atoms with Crippen molar-refractivity contribution in [3.8, 4) is 0 Å². The van der Waals surface area contributed by atoms with Crippen LogP contribution in [0, 0.1) is 0 Å². The number of rotatable bonds is 7. The van der Waals surface area contributed by atoms with Crippen molar-refractivity contribution in [1.82, 2.24) is 5.32 Å². The fourth-order valence-corrected chi connectivity index (χ4v) is 1.60. The van der Waals surface area contributed by atoms with Crippen LogP contribution in [0.3, 0.4) is 0 Å². The van der Waals surface area contributed by atoms with E-state index < -0.39 is 6.43 Å². The van der Waals surface area contributed by atoms with E-state index >= 15 is 0 Å². The number of benzene rings is 1. The summed E-state index contributed by atoms with van der Waals surface area (Å²) in [4.78, 5) is 0. The van der Waals surface area contributed by atoms with Gasteiger partial charge in [-0.15, -0.1) is 0 Å². The third-order valence-corrected chi connectivity index (χ3v) is 2.53. The van der Waals surface area contributed by atoms with Crippen LogP contribution in [0.15, 0.2) is 24.3 Å². The number of halogens is 2. The number of hydrogen-bond donors (Lipinski definition) is 3. The fourth-order valence-electron chi connectivity index (χ4n) is 1.60. The third-order valence-electron chi connectivity index (χ3n) is 2.53. The van der Waals surface area contributed by atoms with Gasteiger partial charge in [0.05, 0.1) is 0 Å². The second kappa shape index (κ2) is 7.32. The number of aliphatic hydroxyl groups is 1. The van der Waals surface area contributed by atoms with Crippen molar-refractivity contribution in [2.24, 2.45) is 5.73 Å². The first-order valence-corrected chi connectivity index (χ1v) is 5.61. The molecule has 0 aliphatic carbocycles. The normalized spacial score (nSPS) is 13.0. The highest BCUT2D eigenvalue weighted by Gasteiger charge is 2.12. The molecule has 5 heteroatoms. The Kier molecular flexibility index (Phi) is 6.04. The summed E-state index contributed by atoms with van der Waals surface area (Å²) in [6, 6.07) is 6.09. The highest BCUT2D eigenvalue weighted by molar-refractivity contribution is 5.27. The Morgan fingerprint density at radius 3 is 2.59 bits per heavy atom. The van der Waals surface area contributed by atoms with Crippen molar-refractivity contribution in [3.05, 3.63) is 35.4 Å². The topological polar surface area (TPSA) is 58.3 Å². The molecule has 0 bridgehead atoms. The lowest BCUT2D eigenvalue weighted by atomic mass is 10.0. The first-order chi connectivity index (χ1) is 8.19. The standard InChI is InChI=1S/C12H18F2N2O/c13-12(14)10-4-1-3-9(7-10)11(8-15)16-5-2-6-17/h1,3-4,7,11-12,16-17H,2,5-6,8,15H2. The molecule has 1 aromatic carbocycles. The van der Waals surface area contributed by atoms with E-state index in [9.17, 15) is 8.78 Å². The number of aliphatic hydroxyl groups excluding tert-OH is 1. The van der Waals surface area contributed by atoms with Gasteiger partial charge in [-0.2, -0.15) is 0 Å². The van der Waals surface area contributed by atoms with Crippen LogP contribution in [0.1, 0.15) is 30.0 Å². The average molecular weight is 244 g/mol. The van der Waals surface area contributed by atoms with Crippen molar-refractivity contribution in [2.45, 2.75) is 18.9 Å². The van der Waals surface area contributed by atoms with E-state index in [4.69, 9.17) is 10.8 Å². The Balaban J connectivity index is 2.70. The van der Waals surface area contributed by atoms with E-state index in [1.165, 1.54) is 12.1 Å². The molecular weight excluding hydrogens is 226 g/mol. The Hall–Kier alpha value is -1.04. The lowest BCUT2D eigenvalue weighted by Crippen LogP contribution is -2.29. The molecule has 0 spiro atoms. The number of nitrogens with two attached hydrogens (primary N) is 1. The molecule has 1 atom stereocenters. The average Bonchev–Trinajstić information content (AvgIpc) is 2.35. The van der Waals surface area contributed by atoms with E-state index in [1.807, 2.05) is 0 Å². The molecular formula is C12H18F2N2O. The summed E-state index contributed by atoms with van der Waals surface area (Å²) in [5.74, 6) is 0. The minimum atomic E-state index is -2.47. The zero-order valence-corrected chi connectivity index (χ0v) is 9.57. The van der Waals surface area contributed by atoms with Gasteiger partial charge in [0.15, 0.2) is 0 Å². The van der Waals surface area contributed by atoms with Crippen LogP contribution >= 0.6 is 0 Å². The molecule has 1 rings (SSSR count). The van der Waals surface area contributed by atoms with Gasteiger partial charge in [0, 0.05) is 24.8 Å². The van der Waals surface area contributed by atoms with E-state index in [-0.39, 0.29) is 18.2 Å². The van der Waals surface area contributed by atoms with E-state index in [2.05, 4.69) is 5.32 Å². The highest BCUT2D eigenvalue weighted by Crippen LogP contribution is 2.22. The molecule has 0 saturated heterocycles. The second-order valence-corrected chi connectivity index (χ2v) is 3.79. The quantitative estimate of drug-likeness (QED) is 0.638. The van der Waals surface area contributed by atoms with Crippen molar-refractivity contribution < 1.29 is 13.9 Å². The van der Waals surface area contributed by atoms with Gasteiger partial charge in [-0.05, 0) is 24.6 Å². The van der Waals surface area contributed by atoms with Gasteiger partial charge in [-0.3, -0.25) is 0 Å². The predicted molar refractivity (Wildman–Crippen MR) is 62.9 cm³/mol. The van der Waals surface area contributed by atoms with E-state index in [0.717, 1.165) is 5.56 Å². The first kappa shape index (κ1) is 14.0. The van der Waals surface area contributed by atoms with E-state index in [0.29, 0.717) is 19.5 Å². The lowest BCUT2D eigenvalue weighted by Gasteiger charge is -2.17. The SMILES string of the molecule is NCC(NCCCO)c1cccc(C(F)F)c1. The Labute approximate surface area is 99.6 Å². The molecule has 0 saturated carbocycles. The number of alkyl halides is 2. The smallest absolute Gasteiger partial charge is 0.263 e. The molecule has 17 heavy (non-hydrogen) atoms. The van der Waals surface area contributed by atoms with Gasteiger partial charge in [0.2, 0.25) is 0 Å². The molecule has 0 fully saturated rings. The van der Waals surface area contributed by atoms with Gasteiger partial charge in [-0.1, -0.05) is 18.2 Å². The van der Waals surface area contributed by atoms with Crippen molar-refractivity contribution in [3.63, 3.8) is 0 Å². The van der Waals surface area contributed by atoms with Crippen molar-refractivity contribution in [1.29, 1.82) is 0 Å². The van der Waals surface area contributed by atoms with Gasteiger partial charge in [0.1, 0.15) is 0 Å². The van der Waals surface area contributed by atoms with Crippen LogP contribution in [0.2, 0.25) is 0 Å². The Morgan fingerprint density at radius 2 is 2.00 bits per heavy atom. The summed E-state index contributed by atoms with van der Waals surface area (Å²) >= 11 is 0. The lowest BCUT2D eigenvalue weighted by molar-refractivity contribution is 0.151. The summed E-state index contributed by atoms with van der Waals surface area (Å²) in [7, 11) is 0. The monoisotopic (exact) mass is 244 g/mol.